The topological polar surface area (TPSA) is 128 Å². The summed E-state index contributed by atoms with van der Waals surface area (Å²) in [6.07, 6.45) is 1.66. The number of nitrogens with zero attached hydrogens (tertiary/aromatic N) is 5. The van der Waals surface area contributed by atoms with Gasteiger partial charge in [0.1, 0.15) is 17.2 Å². The first kappa shape index (κ1) is 31.9. The van der Waals surface area contributed by atoms with Crippen LogP contribution in [0.5, 0.6) is 0 Å². The molecular formula is C28H46N6O5S. The van der Waals surface area contributed by atoms with Gasteiger partial charge in [-0.2, -0.15) is 11.8 Å². The second kappa shape index (κ2) is 14.3. The summed E-state index contributed by atoms with van der Waals surface area (Å²) in [5.41, 5.74) is 0.0306. The highest BCUT2D eigenvalue weighted by atomic mass is 32.2. The lowest BCUT2D eigenvalue weighted by molar-refractivity contribution is -0.137. The van der Waals surface area contributed by atoms with E-state index in [-0.39, 0.29) is 36.2 Å². The summed E-state index contributed by atoms with van der Waals surface area (Å²) < 4.78 is 5.17. The third-order valence-electron chi connectivity index (χ3n) is 7.14. The van der Waals surface area contributed by atoms with Gasteiger partial charge in [0.2, 0.25) is 5.91 Å². The molecule has 3 rings (SSSR count). The number of rotatable bonds is 10. The van der Waals surface area contributed by atoms with E-state index in [0.29, 0.717) is 56.4 Å². The molecule has 2 fully saturated rings. The molecule has 1 aromatic rings. The molecule has 0 aliphatic carbocycles. The molecule has 2 N–H and O–H groups in total. The Bertz CT molecular complexity index is 1030. The largest absolute Gasteiger partial charge is 0.465 e. The Morgan fingerprint density at radius 1 is 1.20 bits per heavy atom. The first-order valence-electron chi connectivity index (χ1n) is 14.2. The first-order valence-corrected chi connectivity index (χ1v) is 15.3. The molecule has 12 heteroatoms. The maximum Gasteiger partial charge on any atom is 0.407 e. The fraction of sp³-hybridized carbons (Fsp3) is 0.750. The maximum absolute atomic E-state index is 14.2. The average Bonchev–Trinajstić information content (AvgIpc) is 2.92. The fourth-order valence-corrected chi connectivity index (χ4v) is 5.98. The number of anilines is 1. The van der Waals surface area contributed by atoms with Gasteiger partial charge in [-0.25, -0.2) is 14.8 Å². The van der Waals surface area contributed by atoms with Crippen LogP contribution in [0.25, 0.3) is 0 Å². The number of ether oxygens (including phenoxy) is 1. The number of amides is 3. The summed E-state index contributed by atoms with van der Waals surface area (Å²) in [5.74, 6) is 2.19. The van der Waals surface area contributed by atoms with Gasteiger partial charge in [0.25, 0.3) is 5.91 Å². The standard InChI is InChI=1S/C28H46N6O5S/c1-19(2)16-34(21-14-20(17-33(18-21)27(37)38)24(35)32-9-12-40-13-10-32)25(36)22-15-30-26(28(3,4)5)31-23(22)29-8-7-11-39-6/h15,19-21H,7-14,16-18H2,1-6H3,(H,37,38)(H,29,30,31)/t20-,21+/m1/s1. The van der Waals surface area contributed by atoms with Gasteiger partial charge in [-0.1, -0.05) is 34.6 Å². The fourth-order valence-electron chi connectivity index (χ4n) is 5.08. The third-order valence-corrected chi connectivity index (χ3v) is 8.08. The Morgan fingerprint density at radius 2 is 1.90 bits per heavy atom. The minimum atomic E-state index is -1.08. The molecule has 0 bridgehead atoms. The van der Waals surface area contributed by atoms with Crippen LogP contribution < -0.4 is 5.32 Å². The van der Waals surface area contributed by atoms with Crippen LogP contribution >= 0.6 is 11.8 Å². The maximum atomic E-state index is 14.2. The number of aromatic nitrogens is 2. The predicted molar refractivity (Wildman–Crippen MR) is 157 cm³/mol. The summed E-state index contributed by atoms with van der Waals surface area (Å²) >= 11 is 1.82. The molecule has 2 aliphatic heterocycles. The summed E-state index contributed by atoms with van der Waals surface area (Å²) in [5, 5.41) is 13.2. The van der Waals surface area contributed by atoms with Gasteiger partial charge in [0.15, 0.2) is 0 Å². The second-order valence-electron chi connectivity index (χ2n) is 12.0. The van der Waals surface area contributed by atoms with Crippen LogP contribution in [0.2, 0.25) is 0 Å². The number of piperidine rings is 1. The lowest BCUT2D eigenvalue weighted by Gasteiger charge is -2.43. The van der Waals surface area contributed by atoms with Gasteiger partial charge in [-0.3, -0.25) is 9.59 Å². The number of carboxylic acid groups (broad SMARTS) is 1. The molecule has 3 heterocycles. The van der Waals surface area contributed by atoms with Crippen molar-refractivity contribution in [3.05, 3.63) is 17.6 Å². The molecule has 1 aromatic heterocycles. The Kier molecular flexibility index (Phi) is 11.4. The van der Waals surface area contributed by atoms with E-state index in [9.17, 15) is 19.5 Å². The minimum Gasteiger partial charge on any atom is -0.465 e. The van der Waals surface area contributed by atoms with Crippen LogP contribution in [0.3, 0.4) is 0 Å². The first-order chi connectivity index (χ1) is 18.9. The molecule has 2 saturated heterocycles. The molecule has 2 atom stereocenters. The minimum absolute atomic E-state index is 0.0217. The van der Waals surface area contributed by atoms with E-state index in [0.717, 1.165) is 17.9 Å². The number of hydrogen-bond acceptors (Lipinski definition) is 8. The van der Waals surface area contributed by atoms with Gasteiger partial charge in [-0.15, -0.1) is 0 Å². The van der Waals surface area contributed by atoms with E-state index >= 15 is 0 Å². The molecule has 0 radical (unpaired) electrons. The van der Waals surface area contributed by atoms with E-state index in [1.807, 2.05) is 51.3 Å². The number of nitrogens with one attached hydrogen (secondary N) is 1. The monoisotopic (exact) mass is 578 g/mol. The zero-order chi connectivity index (χ0) is 29.4. The molecule has 0 aromatic carbocycles. The summed E-state index contributed by atoms with van der Waals surface area (Å²) in [4.78, 5) is 54.0. The average molecular weight is 579 g/mol. The van der Waals surface area contributed by atoms with Gasteiger partial charge >= 0.3 is 6.09 Å². The highest BCUT2D eigenvalue weighted by molar-refractivity contribution is 7.99. The molecule has 3 amide bonds. The van der Waals surface area contributed by atoms with Crippen LogP contribution in [0.15, 0.2) is 6.20 Å². The lowest BCUT2D eigenvalue weighted by Crippen LogP contribution is -2.57. The van der Waals surface area contributed by atoms with Crippen molar-refractivity contribution in [2.24, 2.45) is 11.8 Å². The third kappa shape index (κ3) is 8.45. The molecular weight excluding hydrogens is 532 g/mol. The number of methoxy groups -OCH3 is 1. The lowest BCUT2D eigenvalue weighted by atomic mass is 9.91. The Labute approximate surface area is 242 Å². The quantitative estimate of drug-likeness (QED) is 0.402. The Balaban J connectivity index is 1.94. The number of hydrogen-bond donors (Lipinski definition) is 2. The zero-order valence-electron chi connectivity index (χ0n) is 24.8. The van der Waals surface area contributed by atoms with Gasteiger partial charge < -0.3 is 29.9 Å². The van der Waals surface area contributed by atoms with Crippen LogP contribution in [-0.2, 0) is 14.9 Å². The van der Waals surface area contributed by atoms with Gasteiger partial charge in [0.05, 0.1) is 12.0 Å². The highest BCUT2D eigenvalue weighted by Crippen LogP contribution is 2.28. The van der Waals surface area contributed by atoms with Crippen LogP contribution in [-0.4, -0.2) is 118 Å². The molecule has 0 saturated carbocycles. The summed E-state index contributed by atoms with van der Waals surface area (Å²) in [7, 11) is 1.65. The molecule has 2 aliphatic rings. The number of carbonyl (C=O) groups excluding carboxylic acids is 2. The predicted octanol–water partition coefficient (Wildman–Crippen LogP) is 3.26. The van der Waals surface area contributed by atoms with Crippen molar-refractivity contribution in [3.8, 4) is 0 Å². The van der Waals surface area contributed by atoms with E-state index in [4.69, 9.17) is 9.72 Å². The highest BCUT2D eigenvalue weighted by Gasteiger charge is 2.40. The van der Waals surface area contributed by atoms with Crippen molar-refractivity contribution in [2.45, 2.75) is 58.9 Å². The van der Waals surface area contributed by atoms with Crippen LogP contribution in [0.4, 0.5) is 10.6 Å². The van der Waals surface area contributed by atoms with Crippen LogP contribution in [0, 0.1) is 11.8 Å². The summed E-state index contributed by atoms with van der Waals surface area (Å²) in [6, 6.07) is -0.448. The Morgan fingerprint density at radius 3 is 2.50 bits per heavy atom. The second-order valence-corrected chi connectivity index (χ2v) is 13.3. The van der Waals surface area contributed by atoms with Gasteiger partial charge in [0, 0.05) is 76.1 Å². The van der Waals surface area contributed by atoms with Crippen molar-refractivity contribution in [3.63, 3.8) is 0 Å². The number of likely N-dealkylation sites (tertiary alicyclic amines) is 1. The van der Waals surface area contributed by atoms with Gasteiger partial charge in [-0.05, 0) is 18.8 Å². The van der Waals surface area contributed by atoms with Crippen molar-refractivity contribution >= 4 is 35.5 Å². The normalized spacial score (nSPS) is 20.0. The molecule has 224 valence electrons. The van der Waals surface area contributed by atoms with Crippen molar-refractivity contribution < 1.29 is 24.2 Å². The van der Waals surface area contributed by atoms with Crippen molar-refractivity contribution in [2.75, 3.05) is 69.8 Å². The smallest absolute Gasteiger partial charge is 0.407 e. The number of carbonyl (C=O) groups is 3. The van der Waals surface area contributed by atoms with Crippen molar-refractivity contribution in [1.82, 2.24) is 24.7 Å². The van der Waals surface area contributed by atoms with Crippen molar-refractivity contribution in [1.29, 1.82) is 0 Å². The summed E-state index contributed by atoms with van der Waals surface area (Å²) in [6.45, 7) is 13.3. The van der Waals surface area contributed by atoms with Crippen LogP contribution in [0.1, 0.15) is 63.6 Å². The van der Waals surface area contributed by atoms with E-state index < -0.39 is 18.1 Å². The zero-order valence-corrected chi connectivity index (χ0v) is 25.6. The number of thioether (sulfide) groups is 1. The van der Waals surface area contributed by atoms with E-state index in [1.165, 1.54) is 4.90 Å². The molecule has 11 nitrogen and oxygen atoms in total. The van der Waals surface area contributed by atoms with E-state index in [1.54, 1.807) is 18.2 Å². The Hall–Kier alpha value is -2.60. The molecule has 40 heavy (non-hydrogen) atoms. The SMILES string of the molecule is COCCCNc1nc(C(C)(C)C)ncc1C(=O)N(CC(C)C)[C@H]1C[C@@H](C(=O)N2CCSCC2)CN(C(=O)O)C1. The molecule has 0 spiro atoms. The molecule has 0 unspecified atom stereocenters. The van der Waals surface area contributed by atoms with E-state index in [2.05, 4.69) is 10.3 Å².